The van der Waals surface area contributed by atoms with Crippen LogP contribution in [0.25, 0.3) is 0 Å². The molecule has 2 rings (SSSR count). The van der Waals surface area contributed by atoms with E-state index in [-0.39, 0.29) is 11.3 Å². The zero-order chi connectivity index (χ0) is 15.2. The van der Waals surface area contributed by atoms with E-state index in [1.165, 1.54) is 19.4 Å². The van der Waals surface area contributed by atoms with Gasteiger partial charge in [-0.1, -0.05) is 23.8 Å². The number of anilines is 1. The number of phenolic OH excluding ortho intramolecular Hbond substituents is 1. The first-order valence-electron chi connectivity index (χ1n) is 6.38. The number of nitrogens with zero attached hydrogens (tertiary/aromatic N) is 1. The molecule has 0 amide bonds. The maximum atomic E-state index is 11.5. The number of hydrogen-bond donors (Lipinski definition) is 2. The maximum Gasteiger partial charge on any atom is 0.341 e. The summed E-state index contributed by atoms with van der Waals surface area (Å²) in [6.45, 7) is 2.00. The Bertz CT molecular complexity index is 664. The molecule has 0 saturated heterocycles. The van der Waals surface area contributed by atoms with Crippen LogP contribution >= 0.6 is 0 Å². The summed E-state index contributed by atoms with van der Waals surface area (Å²) in [5.41, 5.74) is 5.38. The van der Waals surface area contributed by atoms with E-state index in [0.29, 0.717) is 5.56 Å². The number of ether oxygens (including phenoxy) is 1. The second-order valence-electron chi connectivity index (χ2n) is 4.47. The van der Waals surface area contributed by atoms with Gasteiger partial charge >= 0.3 is 5.97 Å². The summed E-state index contributed by atoms with van der Waals surface area (Å²) >= 11 is 0. The number of phenols is 1. The average Bonchev–Trinajstić information content (AvgIpc) is 2.50. The van der Waals surface area contributed by atoms with Gasteiger partial charge in [0.05, 0.1) is 19.0 Å². The van der Waals surface area contributed by atoms with Crippen molar-refractivity contribution in [3.8, 4) is 5.75 Å². The van der Waals surface area contributed by atoms with Crippen molar-refractivity contribution in [3.63, 3.8) is 0 Å². The number of carbonyl (C=O) groups excluding carboxylic acids is 1. The number of methoxy groups -OCH3 is 1. The average molecular weight is 284 g/mol. The molecule has 0 spiro atoms. The number of nitrogens with one attached hydrogen (secondary N) is 1. The standard InChI is InChI=1S/C16H16N2O3/c1-11-6-8-13(9-7-11)18-17-10-12-4-3-5-14(15(12)19)16(20)21-2/h3-10,18-19H,1-2H3. The molecule has 0 atom stereocenters. The van der Waals surface area contributed by atoms with Gasteiger partial charge in [0.25, 0.3) is 0 Å². The number of esters is 1. The zero-order valence-corrected chi connectivity index (χ0v) is 11.8. The molecule has 2 aromatic rings. The molecule has 0 radical (unpaired) electrons. The summed E-state index contributed by atoms with van der Waals surface area (Å²) in [5, 5.41) is 14.0. The van der Waals surface area contributed by atoms with Crippen LogP contribution in [0.3, 0.4) is 0 Å². The van der Waals surface area contributed by atoms with Crippen molar-refractivity contribution < 1.29 is 14.6 Å². The number of hydrazone groups is 1. The molecule has 0 aliphatic heterocycles. The molecule has 0 bridgehead atoms. The molecule has 0 aliphatic carbocycles. The summed E-state index contributed by atoms with van der Waals surface area (Å²) in [6.07, 6.45) is 1.45. The maximum absolute atomic E-state index is 11.5. The Hall–Kier alpha value is -2.82. The molecular formula is C16H16N2O3. The van der Waals surface area contributed by atoms with E-state index in [0.717, 1.165) is 11.3 Å². The molecule has 0 aromatic heterocycles. The number of hydrogen-bond acceptors (Lipinski definition) is 5. The second-order valence-corrected chi connectivity index (χ2v) is 4.47. The van der Waals surface area contributed by atoms with Crippen LogP contribution in [0.5, 0.6) is 5.75 Å². The SMILES string of the molecule is COC(=O)c1cccc(C=NNc2ccc(C)cc2)c1O. The summed E-state index contributed by atoms with van der Waals surface area (Å²) in [5.74, 6) is -0.743. The van der Waals surface area contributed by atoms with Crippen LogP contribution in [-0.4, -0.2) is 24.4 Å². The normalized spacial score (nSPS) is 10.6. The van der Waals surface area contributed by atoms with E-state index in [2.05, 4.69) is 15.3 Å². The first kappa shape index (κ1) is 14.6. The summed E-state index contributed by atoms with van der Waals surface area (Å²) in [4.78, 5) is 11.5. The number of benzene rings is 2. The number of aromatic hydroxyl groups is 1. The number of para-hydroxylation sites is 1. The lowest BCUT2D eigenvalue weighted by Crippen LogP contribution is -2.03. The lowest BCUT2D eigenvalue weighted by Gasteiger charge is -2.05. The highest BCUT2D eigenvalue weighted by Gasteiger charge is 2.13. The molecule has 2 aromatic carbocycles. The van der Waals surface area contributed by atoms with Crippen LogP contribution < -0.4 is 5.43 Å². The predicted octanol–water partition coefficient (Wildman–Crippen LogP) is 2.93. The Morgan fingerprint density at radius 1 is 1.24 bits per heavy atom. The molecule has 0 aliphatic rings. The van der Waals surface area contributed by atoms with Crippen molar-refractivity contribution in [2.75, 3.05) is 12.5 Å². The third-order valence-corrected chi connectivity index (χ3v) is 2.92. The summed E-state index contributed by atoms with van der Waals surface area (Å²) in [7, 11) is 1.27. The van der Waals surface area contributed by atoms with E-state index in [9.17, 15) is 9.90 Å². The molecule has 0 saturated carbocycles. The largest absolute Gasteiger partial charge is 0.506 e. The molecule has 0 heterocycles. The lowest BCUT2D eigenvalue weighted by molar-refractivity contribution is 0.0597. The van der Waals surface area contributed by atoms with Gasteiger partial charge in [0.1, 0.15) is 11.3 Å². The third kappa shape index (κ3) is 3.60. The van der Waals surface area contributed by atoms with E-state index in [1.807, 2.05) is 31.2 Å². The van der Waals surface area contributed by atoms with Gasteiger partial charge in [0.2, 0.25) is 0 Å². The Morgan fingerprint density at radius 3 is 2.62 bits per heavy atom. The van der Waals surface area contributed by atoms with Crippen LogP contribution in [0.15, 0.2) is 47.6 Å². The van der Waals surface area contributed by atoms with Crippen LogP contribution in [0.4, 0.5) is 5.69 Å². The smallest absolute Gasteiger partial charge is 0.341 e. The molecule has 0 unspecified atom stereocenters. The minimum atomic E-state index is -0.589. The Balaban J connectivity index is 2.14. The van der Waals surface area contributed by atoms with Gasteiger partial charge in [-0.3, -0.25) is 5.43 Å². The zero-order valence-electron chi connectivity index (χ0n) is 11.8. The minimum absolute atomic E-state index is 0.108. The summed E-state index contributed by atoms with van der Waals surface area (Å²) < 4.78 is 4.60. The van der Waals surface area contributed by atoms with Gasteiger partial charge in [-0.15, -0.1) is 0 Å². The van der Waals surface area contributed by atoms with Crippen molar-refractivity contribution in [2.24, 2.45) is 5.10 Å². The molecule has 5 nitrogen and oxygen atoms in total. The van der Waals surface area contributed by atoms with Gasteiger partial charge in [-0.05, 0) is 31.2 Å². The number of carbonyl (C=O) groups is 1. The van der Waals surface area contributed by atoms with E-state index >= 15 is 0 Å². The predicted molar refractivity (Wildman–Crippen MR) is 81.8 cm³/mol. The van der Waals surface area contributed by atoms with Crippen LogP contribution in [0, 0.1) is 6.92 Å². The van der Waals surface area contributed by atoms with Crippen LogP contribution in [-0.2, 0) is 4.74 Å². The van der Waals surface area contributed by atoms with Crippen molar-refractivity contribution in [1.82, 2.24) is 0 Å². The highest BCUT2D eigenvalue weighted by Crippen LogP contribution is 2.21. The van der Waals surface area contributed by atoms with Gasteiger partial charge in [-0.25, -0.2) is 4.79 Å². The Kier molecular flexibility index (Phi) is 4.56. The van der Waals surface area contributed by atoms with Crippen LogP contribution in [0.1, 0.15) is 21.5 Å². The minimum Gasteiger partial charge on any atom is -0.506 e. The third-order valence-electron chi connectivity index (χ3n) is 2.92. The summed E-state index contributed by atoms with van der Waals surface area (Å²) in [6, 6.07) is 12.5. The van der Waals surface area contributed by atoms with E-state index < -0.39 is 5.97 Å². The lowest BCUT2D eigenvalue weighted by atomic mass is 10.1. The fourth-order valence-electron chi connectivity index (χ4n) is 1.74. The Morgan fingerprint density at radius 2 is 1.95 bits per heavy atom. The van der Waals surface area contributed by atoms with Gasteiger partial charge in [0.15, 0.2) is 0 Å². The fourth-order valence-corrected chi connectivity index (χ4v) is 1.74. The molecular weight excluding hydrogens is 268 g/mol. The number of rotatable bonds is 4. The topological polar surface area (TPSA) is 70.9 Å². The monoisotopic (exact) mass is 284 g/mol. The molecule has 108 valence electrons. The van der Waals surface area contributed by atoms with Crippen molar-refractivity contribution >= 4 is 17.9 Å². The van der Waals surface area contributed by atoms with Crippen molar-refractivity contribution in [3.05, 3.63) is 59.2 Å². The quantitative estimate of drug-likeness (QED) is 0.514. The van der Waals surface area contributed by atoms with Gasteiger partial charge in [0, 0.05) is 5.56 Å². The van der Waals surface area contributed by atoms with Crippen LogP contribution in [0.2, 0.25) is 0 Å². The van der Waals surface area contributed by atoms with Crippen molar-refractivity contribution in [2.45, 2.75) is 6.92 Å². The van der Waals surface area contributed by atoms with Gasteiger partial charge < -0.3 is 9.84 Å². The highest BCUT2D eigenvalue weighted by molar-refractivity contribution is 5.96. The molecule has 21 heavy (non-hydrogen) atoms. The first-order valence-corrected chi connectivity index (χ1v) is 6.38. The molecule has 2 N–H and O–H groups in total. The van der Waals surface area contributed by atoms with Crippen molar-refractivity contribution in [1.29, 1.82) is 0 Å². The first-order chi connectivity index (χ1) is 10.1. The fraction of sp³-hybridized carbons (Fsp3) is 0.125. The second kappa shape index (κ2) is 6.56. The van der Waals surface area contributed by atoms with E-state index in [1.54, 1.807) is 12.1 Å². The number of aryl methyl sites for hydroxylation is 1. The van der Waals surface area contributed by atoms with Gasteiger partial charge in [-0.2, -0.15) is 5.10 Å². The Labute approximate surface area is 122 Å². The van der Waals surface area contributed by atoms with E-state index in [4.69, 9.17) is 0 Å². The molecule has 5 heteroatoms. The highest BCUT2D eigenvalue weighted by atomic mass is 16.5. The molecule has 0 fully saturated rings.